The second-order valence-electron chi connectivity index (χ2n) is 3.08. The summed E-state index contributed by atoms with van der Waals surface area (Å²) in [6, 6.07) is 0. The Balaban J connectivity index is 3.13. The van der Waals surface area contributed by atoms with Crippen LogP contribution in [-0.4, -0.2) is 38.9 Å². The maximum Gasteiger partial charge on any atom is 0.282 e. The molecule has 3 nitrogen and oxygen atoms in total. The molecule has 0 amide bonds. The van der Waals surface area contributed by atoms with Crippen LogP contribution in [0.2, 0.25) is 0 Å². The first kappa shape index (κ1) is 13.7. The van der Waals surface area contributed by atoms with Crippen LogP contribution in [0.3, 0.4) is 0 Å². The number of ether oxygens (including phenoxy) is 2. The number of nitrogens with two attached hydrogens (primary N) is 1. The van der Waals surface area contributed by atoms with Crippen molar-refractivity contribution in [2.24, 2.45) is 5.73 Å². The Kier molecular flexibility index (Phi) is 7.93. The van der Waals surface area contributed by atoms with Gasteiger partial charge in [0.1, 0.15) is 6.61 Å². The van der Waals surface area contributed by atoms with Gasteiger partial charge in [-0.1, -0.05) is 13.3 Å². The minimum atomic E-state index is -2.91. The van der Waals surface area contributed by atoms with E-state index >= 15 is 0 Å². The average Bonchev–Trinajstić information content (AvgIpc) is 2.16. The van der Waals surface area contributed by atoms with Crippen molar-refractivity contribution in [3.05, 3.63) is 0 Å². The van der Waals surface area contributed by atoms with Gasteiger partial charge in [-0.25, -0.2) is 8.78 Å². The first-order chi connectivity index (χ1) is 6.62. The summed E-state index contributed by atoms with van der Waals surface area (Å²) in [6.07, 6.45) is 2.05. The topological polar surface area (TPSA) is 44.5 Å². The maximum atomic E-state index is 12.5. The second kappa shape index (κ2) is 8.08. The molecule has 5 heteroatoms. The van der Waals surface area contributed by atoms with Crippen LogP contribution in [-0.2, 0) is 9.47 Å². The van der Waals surface area contributed by atoms with Gasteiger partial charge in [0.05, 0.1) is 19.8 Å². The molecule has 0 aromatic heterocycles. The molecule has 0 unspecified atom stereocenters. The van der Waals surface area contributed by atoms with Crippen molar-refractivity contribution in [1.82, 2.24) is 0 Å². The van der Waals surface area contributed by atoms with Gasteiger partial charge >= 0.3 is 0 Å². The summed E-state index contributed by atoms with van der Waals surface area (Å²) in [5, 5.41) is 0. The molecule has 86 valence electrons. The Morgan fingerprint density at radius 3 is 2.36 bits per heavy atom. The predicted octanol–water partition coefficient (Wildman–Crippen LogP) is 1.41. The lowest BCUT2D eigenvalue weighted by Gasteiger charge is -2.13. The minimum Gasteiger partial charge on any atom is -0.379 e. The van der Waals surface area contributed by atoms with E-state index < -0.39 is 19.1 Å². The van der Waals surface area contributed by atoms with Crippen LogP contribution >= 0.6 is 0 Å². The van der Waals surface area contributed by atoms with E-state index in [1.54, 1.807) is 0 Å². The molecule has 0 aliphatic rings. The highest BCUT2D eigenvalue weighted by molar-refractivity contribution is 4.64. The Morgan fingerprint density at radius 1 is 1.14 bits per heavy atom. The zero-order valence-corrected chi connectivity index (χ0v) is 8.60. The van der Waals surface area contributed by atoms with Gasteiger partial charge in [0.2, 0.25) is 0 Å². The Hall–Kier alpha value is -0.260. The molecular formula is C9H19F2NO2. The highest BCUT2D eigenvalue weighted by atomic mass is 19.3. The van der Waals surface area contributed by atoms with E-state index in [0.29, 0.717) is 13.2 Å². The minimum absolute atomic E-state index is 0.194. The van der Waals surface area contributed by atoms with Crippen molar-refractivity contribution >= 4 is 0 Å². The van der Waals surface area contributed by atoms with Gasteiger partial charge in [-0.05, 0) is 6.42 Å². The molecule has 0 saturated carbocycles. The molecule has 0 heterocycles. The quantitative estimate of drug-likeness (QED) is 0.586. The first-order valence-corrected chi connectivity index (χ1v) is 4.86. The molecule has 0 bridgehead atoms. The number of alkyl halides is 2. The SMILES string of the molecule is CCCCOCCOCC(F)(F)CN. The smallest absolute Gasteiger partial charge is 0.282 e. The zero-order valence-electron chi connectivity index (χ0n) is 8.60. The van der Waals surface area contributed by atoms with Crippen LogP contribution in [0.1, 0.15) is 19.8 Å². The van der Waals surface area contributed by atoms with Gasteiger partial charge in [-0.15, -0.1) is 0 Å². The van der Waals surface area contributed by atoms with Crippen LogP contribution < -0.4 is 5.73 Å². The molecule has 0 aromatic rings. The van der Waals surface area contributed by atoms with E-state index in [1.807, 2.05) is 0 Å². The highest BCUT2D eigenvalue weighted by Gasteiger charge is 2.26. The van der Waals surface area contributed by atoms with Crippen molar-refractivity contribution in [2.75, 3.05) is 33.0 Å². The molecule has 14 heavy (non-hydrogen) atoms. The van der Waals surface area contributed by atoms with E-state index in [9.17, 15) is 8.78 Å². The van der Waals surface area contributed by atoms with E-state index in [1.165, 1.54) is 0 Å². The van der Waals surface area contributed by atoms with Crippen molar-refractivity contribution < 1.29 is 18.3 Å². The van der Waals surface area contributed by atoms with Crippen LogP contribution in [0.5, 0.6) is 0 Å². The molecule has 0 aliphatic carbocycles. The third-order valence-electron chi connectivity index (χ3n) is 1.63. The fourth-order valence-electron chi connectivity index (χ4n) is 0.747. The number of hydrogen-bond donors (Lipinski definition) is 1. The molecule has 0 radical (unpaired) electrons. The molecule has 0 spiro atoms. The average molecular weight is 211 g/mol. The molecular weight excluding hydrogens is 192 g/mol. The molecule has 0 saturated heterocycles. The van der Waals surface area contributed by atoms with Crippen molar-refractivity contribution in [3.63, 3.8) is 0 Å². The summed E-state index contributed by atoms with van der Waals surface area (Å²) >= 11 is 0. The van der Waals surface area contributed by atoms with Gasteiger partial charge in [0.15, 0.2) is 0 Å². The monoisotopic (exact) mass is 211 g/mol. The normalized spacial score (nSPS) is 12.0. The molecule has 0 aromatic carbocycles. The van der Waals surface area contributed by atoms with Gasteiger partial charge in [0.25, 0.3) is 5.92 Å². The fraction of sp³-hybridized carbons (Fsp3) is 1.00. The lowest BCUT2D eigenvalue weighted by Crippen LogP contribution is -2.33. The largest absolute Gasteiger partial charge is 0.379 e. The number of rotatable bonds is 9. The predicted molar refractivity (Wildman–Crippen MR) is 50.5 cm³/mol. The van der Waals surface area contributed by atoms with E-state index in [-0.39, 0.29) is 6.61 Å². The summed E-state index contributed by atoms with van der Waals surface area (Å²) in [6.45, 7) is 1.97. The Morgan fingerprint density at radius 2 is 1.79 bits per heavy atom. The van der Waals surface area contributed by atoms with E-state index in [2.05, 4.69) is 6.92 Å². The van der Waals surface area contributed by atoms with Crippen LogP contribution in [0.4, 0.5) is 8.78 Å². The van der Waals surface area contributed by atoms with Crippen molar-refractivity contribution in [1.29, 1.82) is 0 Å². The van der Waals surface area contributed by atoms with Crippen molar-refractivity contribution in [3.8, 4) is 0 Å². The Bertz CT molecular complexity index is 134. The molecule has 0 fully saturated rings. The zero-order chi connectivity index (χ0) is 10.9. The van der Waals surface area contributed by atoms with Gasteiger partial charge < -0.3 is 15.2 Å². The van der Waals surface area contributed by atoms with Crippen LogP contribution in [0.25, 0.3) is 0 Å². The van der Waals surface area contributed by atoms with Crippen LogP contribution in [0, 0.1) is 0 Å². The summed E-state index contributed by atoms with van der Waals surface area (Å²) < 4.78 is 34.8. The standard InChI is InChI=1S/C9H19F2NO2/c1-2-3-4-13-5-6-14-8-9(10,11)7-12/h2-8,12H2,1H3. The third kappa shape index (κ3) is 8.34. The number of unbranched alkanes of at least 4 members (excludes halogenated alkanes) is 1. The molecule has 0 atom stereocenters. The summed E-state index contributed by atoms with van der Waals surface area (Å²) in [4.78, 5) is 0. The fourth-order valence-corrected chi connectivity index (χ4v) is 0.747. The number of halogens is 2. The van der Waals surface area contributed by atoms with Crippen molar-refractivity contribution in [2.45, 2.75) is 25.7 Å². The van der Waals surface area contributed by atoms with E-state index in [4.69, 9.17) is 15.2 Å². The number of hydrogen-bond acceptors (Lipinski definition) is 3. The summed E-state index contributed by atoms with van der Waals surface area (Å²) in [7, 11) is 0. The lowest BCUT2D eigenvalue weighted by atomic mass is 10.4. The summed E-state index contributed by atoms with van der Waals surface area (Å²) in [5.74, 6) is -2.91. The third-order valence-corrected chi connectivity index (χ3v) is 1.63. The van der Waals surface area contributed by atoms with Gasteiger partial charge in [-0.3, -0.25) is 0 Å². The second-order valence-corrected chi connectivity index (χ2v) is 3.08. The highest BCUT2D eigenvalue weighted by Crippen LogP contribution is 2.10. The summed E-state index contributed by atoms with van der Waals surface area (Å²) in [5.41, 5.74) is 4.83. The Labute approximate surface area is 83.6 Å². The molecule has 0 rings (SSSR count). The molecule has 2 N–H and O–H groups in total. The first-order valence-electron chi connectivity index (χ1n) is 4.86. The van der Waals surface area contributed by atoms with Gasteiger partial charge in [-0.2, -0.15) is 0 Å². The van der Waals surface area contributed by atoms with Crippen LogP contribution in [0.15, 0.2) is 0 Å². The lowest BCUT2D eigenvalue weighted by molar-refractivity contribution is -0.0785. The van der Waals surface area contributed by atoms with E-state index in [0.717, 1.165) is 12.8 Å². The van der Waals surface area contributed by atoms with Gasteiger partial charge in [0, 0.05) is 6.61 Å². The molecule has 0 aliphatic heterocycles. The maximum absolute atomic E-state index is 12.5.